The van der Waals surface area contributed by atoms with E-state index >= 15 is 0 Å². The van der Waals surface area contributed by atoms with Crippen LogP contribution in [0.3, 0.4) is 0 Å². The molecule has 1 N–H and O–H groups in total. The number of amidine groups is 2. The van der Waals surface area contributed by atoms with Crippen LogP contribution >= 0.6 is 0 Å². The first-order chi connectivity index (χ1) is 17.7. The SMILES string of the molecule is C=C(N=C1C(=C(C)C)NC(=NCc2ccc(C)nc2)C(=O)N1[C@@H](C)CC)c1c(OC)ncnc1C1CC1. The van der Waals surface area contributed by atoms with E-state index in [-0.39, 0.29) is 17.8 Å². The maximum atomic E-state index is 13.7. The monoisotopic (exact) mass is 501 g/mol. The first-order valence-corrected chi connectivity index (χ1v) is 12.7. The quantitative estimate of drug-likeness (QED) is 0.569. The van der Waals surface area contributed by atoms with Crippen LogP contribution in [-0.2, 0) is 11.3 Å². The largest absolute Gasteiger partial charge is 0.480 e. The molecule has 0 spiro atoms. The predicted octanol–water partition coefficient (Wildman–Crippen LogP) is 4.56. The number of aromatic nitrogens is 3. The maximum absolute atomic E-state index is 13.7. The molecule has 1 saturated heterocycles. The first-order valence-electron chi connectivity index (χ1n) is 12.7. The van der Waals surface area contributed by atoms with Crippen molar-refractivity contribution in [1.82, 2.24) is 25.2 Å². The van der Waals surface area contributed by atoms with E-state index in [0.29, 0.717) is 35.4 Å². The Morgan fingerprint density at radius 3 is 2.62 bits per heavy atom. The molecule has 2 fully saturated rings. The summed E-state index contributed by atoms with van der Waals surface area (Å²) in [4.78, 5) is 38.2. The second-order valence-corrected chi connectivity index (χ2v) is 9.70. The van der Waals surface area contributed by atoms with Crippen LogP contribution in [0.5, 0.6) is 5.88 Å². The number of hydrogen-bond acceptors (Lipinski definition) is 7. The third-order valence-electron chi connectivity index (χ3n) is 6.57. The summed E-state index contributed by atoms with van der Waals surface area (Å²) >= 11 is 0. The van der Waals surface area contributed by atoms with E-state index in [4.69, 9.17) is 9.73 Å². The van der Waals surface area contributed by atoms with Gasteiger partial charge in [0.15, 0.2) is 11.7 Å². The third kappa shape index (κ3) is 5.60. The number of pyridine rings is 1. The molecule has 9 nitrogen and oxygen atoms in total. The topological polar surface area (TPSA) is 105 Å². The molecular formula is C28H35N7O2. The van der Waals surface area contributed by atoms with Crippen LogP contribution in [0.1, 0.15) is 75.4 Å². The van der Waals surface area contributed by atoms with Gasteiger partial charge in [0.1, 0.15) is 6.33 Å². The van der Waals surface area contributed by atoms with E-state index in [2.05, 4.69) is 31.8 Å². The molecule has 2 aliphatic rings. The maximum Gasteiger partial charge on any atom is 0.295 e. The highest BCUT2D eigenvalue weighted by Gasteiger charge is 2.37. The molecule has 9 heteroatoms. The van der Waals surface area contributed by atoms with Crippen molar-refractivity contribution in [3.63, 3.8) is 0 Å². The summed E-state index contributed by atoms with van der Waals surface area (Å²) in [6.45, 7) is 14.6. The van der Waals surface area contributed by atoms with Gasteiger partial charge in [0, 0.05) is 23.9 Å². The van der Waals surface area contributed by atoms with Gasteiger partial charge in [-0.05, 0) is 64.2 Å². The molecule has 194 valence electrons. The van der Waals surface area contributed by atoms with Crippen molar-refractivity contribution < 1.29 is 9.53 Å². The Balaban J connectivity index is 1.76. The van der Waals surface area contributed by atoms with Crippen LogP contribution in [0.15, 0.2) is 52.5 Å². The molecule has 2 aromatic rings. The van der Waals surface area contributed by atoms with Gasteiger partial charge in [0.25, 0.3) is 5.91 Å². The minimum absolute atomic E-state index is 0.112. The van der Waals surface area contributed by atoms with Gasteiger partial charge in [-0.1, -0.05) is 19.6 Å². The molecule has 2 aromatic heterocycles. The molecule has 0 unspecified atom stereocenters. The van der Waals surface area contributed by atoms with Gasteiger partial charge in [0.2, 0.25) is 5.88 Å². The average molecular weight is 502 g/mol. The number of allylic oxidation sites excluding steroid dienone is 1. The van der Waals surface area contributed by atoms with Crippen LogP contribution < -0.4 is 10.1 Å². The van der Waals surface area contributed by atoms with E-state index in [9.17, 15) is 4.79 Å². The fraction of sp³-hybridized carbons (Fsp3) is 0.429. The van der Waals surface area contributed by atoms with Gasteiger partial charge in [0.05, 0.1) is 36.3 Å². The van der Waals surface area contributed by atoms with Crippen molar-refractivity contribution in [2.75, 3.05) is 7.11 Å². The lowest BCUT2D eigenvalue weighted by molar-refractivity contribution is -0.122. The third-order valence-corrected chi connectivity index (χ3v) is 6.57. The molecule has 37 heavy (non-hydrogen) atoms. The number of nitrogens with one attached hydrogen (secondary N) is 1. The first kappa shape index (κ1) is 26.2. The Morgan fingerprint density at radius 1 is 1.27 bits per heavy atom. The average Bonchev–Trinajstić information content (AvgIpc) is 3.73. The number of methoxy groups -OCH3 is 1. The zero-order valence-corrected chi connectivity index (χ0v) is 22.5. The van der Waals surface area contributed by atoms with E-state index in [1.165, 1.54) is 6.33 Å². The summed E-state index contributed by atoms with van der Waals surface area (Å²) < 4.78 is 5.55. The van der Waals surface area contributed by atoms with Crippen LogP contribution in [0.2, 0.25) is 0 Å². The highest BCUT2D eigenvalue weighted by Crippen LogP contribution is 2.44. The molecule has 4 rings (SSSR count). The molecule has 3 heterocycles. The summed E-state index contributed by atoms with van der Waals surface area (Å²) in [5, 5.41) is 3.26. The van der Waals surface area contributed by atoms with Crippen molar-refractivity contribution in [1.29, 1.82) is 0 Å². The second-order valence-electron chi connectivity index (χ2n) is 9.70. The Hall–Kier alpha value is -3.88. The number of aliphatic imine (C=N–C) groups is 2. The van der Waals surface area contributed by atoms with Crippen molar-refractivity contribution in [2.45, 2.75) is 72.4 Å². The smallest absolute Gasteiger partial charge is 0.295 e. The minimum Gasteiger partial charge on any atom is -0.480 e. The number of nitrogens with zero attached hydrogens (tertiary/aromatic N) is 6. The van der Waals surface area contributed by atoms with Gasteiger partial charge >= 0.3 is 0 Å². The molecule has 1 aliphatic heterocycles. The zero-order chi connectivity index (χ0) is 26.7. The van der Waals surface area contributed by atoms with E-state index in [1.54, 1.807) is 18.2 Å². The Labute approximate surface area is 218 Å². The number of carbonyl (C=O) groups excluding carboxylic acids is 1. The van der Waals surface area contributed by atoms with Gasteiger partial charge < -0.3 is 10.1 Å². The fourth-order valence-corrected chi connectivity index (χ4v) is 4.14. The summed E-state index contributed by atoms with van der Waals surface area (Å²) in [5.74, 6) is 1.33. The second kappa shape index (κ2) is 11.0. The lowest BCUT2D eigenvalue weighted by Gasteiger charge is -2.36. The molecule has 1 atom stereocenters. The predicted molar refractivity (Wildman–Crippen MR) is 145 cm³/mol. The molecule has 1 amide bonds. The van der Waals surface area contributed by atoms with Gasteiger partial charge in [-0.25, -0.2) is 15.0 Å². The molecule has 1 saturated carbocycles. The molecule has 1 aliphatic carbocycles. The normalized spacial score (nSPS) is 18.7. The van der Waals surface area contributed by atoms with Crippen LogP contribution in [0, 0.1) is 6.92 Å². The van der Waals surface area contributed by atoms with E-state index in [0.717, 1.165) is 47.5 Å². The van der Waals surface area contributed by atoms with Crippen molar-refractivity contribution in [3.05, 3.63) is 65.0 Å². The number of aryl methyl sites for hydroxylation is 1. The Morgan fingerprint density at radius 2 is 2.03 bits per heavy atom. The van der Waals surface area contributed by atoms with E-state index in [1.807, 2.05) is 46.8 Å². The number of ether oxygens (including phenoxy) is 1. The van der Waals surface area contributed by atoms with Crippen LogP contribution in [-0.4, -0.2) is 50.6 Å². The fourth-order valence-electron chi connectivity index (χ4n) is 4.14. The number of rotatable bonds is 8. The zero-order valence-electron chi connectivity index (χ0n) is 22.5. The van der Waals surface area contributed by atoms with Crippen LogP contribution in [0.25, 0.3) is 5.70 Å². The summed E-state index contributed by atoms with van der Waals surface area (Å²) in [6.07, 6.45) is 6.16. The lowest BCUT2D eigenvalue weighted by atomic mass is 10.1. The molecule has 0 aromatic carbocycles. The van der Waals surface area contributed by atoms with Crippen molar-refractivity contribution in [2.24, 2.45) is 9.98 Å². The van der Waals surface area contributed by atoms with Crippen molar-refractivity contribution >= 4 is 23.3 Å². The van der Waals surface area contributed by atoms with E-state index < -0.39 is 0 Å². The lowest BCUT2D eigenvalue weighted by Crippen LogP contribution is -2.57. The molecule has 0 bridgehead atoms. The van der Waals surface area contributed by atoms with Crippen molar-refractivity contribution in [3.8, 4) is 5.88 Å². The van der Waals surface area contributed by atoms with Gasteiger partial charge in [-0.2, -0.15) is 0 Å². The molecular weight excluding hydrogens is 466 g/mol. The standard InChI is InChI=1S/C28H35N7O2/c1-8-18(5)35-26(33-19(6)22-24(21-11-12-21)31-15-32-27(22)37-7)23(16(2)3)34-25(28(35)36)30-14-20-10-9-17(4)29-13-20/h9-10,13,15,18,21H,6,8,11-12,14H2,1-5,7H3,(H,30,34)/t18-/m0/s1. The Bertz CT molecular complexity index is 1290. The highest BCUT2D eigenvalue weighted by molar-refractivity contribution is 6.44. The minimum atomic E-state index is -0.232. The number of amides is 1. The van der Waals surface area contributed by atoms with Gasteiger partial charge in [-0.3, -0.25) is 19.7 Å². The summed E-state index contributed by atoms with van der Waals surface area (Å²) in [5.41, 5.74) is 5.60. The number of carbonyl (C=O) groups is 1. The van der Waals surface area contributed by atoms with Gasteiger partial charge in [-0.15, -0.1) is 0 Å². The highest BCUT2D eigenvalue weighted by atomic mass is 16.5. The Kier molecular flexibility index (Phi) is 7.80. The molecule has 0 radical (unpaired) electrons. The summed E-state index contributed by atoms with van der Waals surface area (Å²) in [7, 11) is 1.58. The number of hydrogen-bond donors (Lipinski definition) is 1. The number of piperazine rings is 1. The van der Waals surface area contributed by atoms with Crippen LogP contribution in [0.4, 0.5) is 0 Å². The summed E-state index contributed by atoms with van der Waals surface area (Å²) in [6, 6.07) is 3.79.